The van der Waals surface area contributed by atoms with Crippen LogP contribution in [0.2, 0.25) is 0 Å². The number of benzene rings is 1. The van der Waals surface area contributed by atoms with Crippen LogP contribution in [0.15, 0.2) is 30.3 Å². The van der Waals surface area contributed by atoms with Gasteiger partial charge in [0.15, 0.2) is 0 Å². The topological polar surface area (TPSA) is 78.4 Å². The van der Waals surface area contributed by atoms with Gasteiger partial charge in [0.1, 0.15) is 0 Å². The van der Waals surface area contributed by atoms with Crippen molar-refractivity contribution < 1.29 is 14.7 Å². The average Bonchev–Trinajstić information content (AvgIpc) is 2.52. The standard InChI is InChI=1S/C16H24N2O3/c1-13(14-8-4-2-5-9-14)12-18-16(21)15(20)17-10-6-3-7-11-19/h2,4-5,8-9,13,19H,3,6-7,10-12H2,1H3,(H,17,20)(H,18,21)/t13-/m0/s1. The molecule has 0 aliphatic carbocycles. The lowest BCUT2D eigenvalue weighted by Crippen LogP contribution is -2.41. The van der Waals surface area contributed by atoms with Crippen molar-refractivity contribution in [1.82, 2.24) is 10.6 Å². The fourth-order valence-electron chi connectivity index (χ4n) is 1.92. The number of aliphatic hydroxyl groups is 1. The van der Waals surface area contributed by atoms with Crippen LogP contribution in [0.4, 0.5) is 0 Å². The fourth-order valence-corrected chi connectivity index (χ4v) is 1.92. The number of hydrogen-bond donors (Lipinski definition) is 3. The monoisotopic (exact) mass is 292 g/mol. The third kappa shape index (κ3) is 6.90. The molecule has 0 unspecified atom stereocenters. The minimum Gasteiger partial charge on any atom is -0.396 e. The number of rotatable bonds is 8. The number of hydrogen-bond acceptors (Lipinski definition) is 3. The molecule has 3 N–H and O–H groups in total. The second kappa shape index (κ2) is 9.94. The van der Waals surface area contributed by atoms with Crippen molar-refractivity contribution in [3.8, 4) is 0 Å². The van der Waals surface area contributed by atoms with Crippen LogP contribution >= 0.6 is 0 Å². The molecule has 5 heteroatoms. The van der Waals surface area contributed by atoms with Gasteiger partial charge >= 0.3 is 11.8 Å². The van der Waals surface area contributed by atoms with Gasteiger partial charge in [0.05, 0.1) is 0 Å². The van der Waals surface area contributed by atoms with Crippen LogP contribution in [0.25, 0.3) is 0 Å². The number of nitrogens with one attached hydrogen (secondary N) is 2. The molecule has 0 radical (unpaired) electrons. The lowest BCUT2D eigenvalue weighted by atomic mass is 10.0. The molecule has 0 spiro atoms. The molecule has 1 atom stereocenters. The minimum atomic E-state index is -0.598. The van der Waals surface area contributed by atoms with Gasteiger partial charge in [-0.05, 0) is 30.7 Å². The summed E-state index contributed by atoms with van der Waals surface area (Å²) in [7, 11) is 0. The van der Waals surface area contributed by atoms with E-state index in [1.165, 1.54) is 0 Å². The van der Waals surface area contributed by atoms with Crippen LogP contribution in [0.1, 0.15) is 37.7 Å². The Kier molecular flexibility index (Phi) is 8.12. The lowest BCUT2D eigenvalue weighted by molar-refractivity contribution is -0.139. The largest absolute Gasteiger partial charge is 0.396 e. The maximum atomic E-state index is 11.6. The Hall–Kier alpha value is -1.88. The number of amides is 2. The van der Waals surface area contributed by atoms with Crippen LogP contribution in [0.3, 0.4) is 0 Å². The Morgan fingerprint density at radius 2 is 1.71 bits per heavy atom. The predicted octanol–water partition coefficient (Wildman–Crippen LogP) is 1.19. The first-order chi connectivity index (χ1) is 10.1. The molecular formula is C16H24N2O3. The summed E-state index contributed by atoms with van der Waals surface area (Å²) in [5.74, 6) is -1.04. The Morgan fingerprint density at radius 1 is 1.05 bits per heavy atom. The highest BCUT2D eigenvalue weighted by Crippen LogP contribution is 2.12. The molecule has 0 saturated carbocycles. The van der Waals surface area contributed by atoms with Gasteiger partial charge in [0.2, 0.25) is 0 Å². The number of carbonyl (C=O) groups is 2. The molecule has 0 aromatic heterocycles. The van der Waals surface area contributed by atoms with E-state index in [2.05, 4.69) is 10.6 Å². The summed E-state index contributed by atoms with van der Waals surface area (Å²) in [4.78, 5) is 23.2. The van der Waals surface area contributed by atoms with Gasteiger partial charge in [-0.2, -0.15) is 0 Å². The molecule has 21 heavy (non-hydrogen) atoms. The van der Waals surface area contributed by atoms with Gasteiger partial charge in [0, 0.05) is 19.7 Å². The minimum absolute atomic E-state index is 0.159. The van der Waals surface area contributed by atoms with Crippen molar-refractivity contribution in [2.45, 2.75) is 32.1 Å². The van der Waals surface area contributed by atoms with Gasteiger partial charge in [0.25, 0.3) is 0 Å². The SMILES string of the molecule is C[C@@H](CNC(=O)C(=O)NCCCCCO)c1ccccc1. The Labute approximate surface area is 125 Å². The molecule has 0 saturated heterocycles. The first-order valence-corrected chi connectivity index (χ1v) is 7.37. The van der Waals surface area contributed by atoms with E-state index in [-0.39, 0.29) is 12.5 Å². The van der Waals surface area contributed by atoms with Crippen molar-refractivity contribution in [2.75, 3.05) is 19.7 Å². The summed E-state index contributed by atoms with van der Waals surface area (Å²) in [6.45, 7) is 3.05. The van der Waals surface area contributed by atoms with Crippen molar-refractivity contribution in [2.24, 2.45) is 0 Å². The zero-order chi connectivity index (χ0) is 15.5. The molecular weight excluding hydrogens is 268 g/mol. The van der Waals surface area contributed by atoms with Crippen molar-refractivity contribution in [1.29, 1.82) is 0 Å². The highest BCUT2D eigenvalue weighted by Gasteiger charge is 2.14. The first-order valence-electron chi connectivity index (χ1n) is 7.37. The summed E-state index contributed by atoms with van der Waals surface area (Å²) < 4.78 is 0. The summed E-state index contributed by atoms with van der Waals surface area (Å²) in [6, 6.07) is 9.84. The van der Waals surface area contributed by atoms with Gasteiger partial charge < -0.3 is 15.7 Å². The number of unbranched alkanes of at least 4 members (excludes halogenated alkanes) is 2. The van der Waals surface area contributed by atoms with Gasteiger partial charge in [-0.25, -0.2) is 0 Å². The van der Waals surface area contributed by atoms with Gasteiger partial charge in [-0.15, -0.1) is 0 Å². The molecule has 1 aromatic rings. The van der Waals surface area contributed by atoms with E-state index >= 15 is 0 Å². The van der Waals surface area contributed by atoms with E-state index in [4.69, 9.17) is 5.11 Å². The number of carbonyl (C=O) groups excluding carboxylic acids is 2. The maximum Gasteiger partial charge on any atom is 0.309 e. The zero-order valence-electron chi connectivity index (χ0n) is 12.5. The maximum absolute atomic E-state index is 11.6. The Morgan fingerprint density at radius 3 is 2.38 bits per heavy atom. The summed E-state index contributed by atoms with van der Waals surface area (Å²) in [5.41, 5.74) is 1.13. The average molecular weight is 292 g/mol. The van der Waals surface area contributed by atoms with Gasteiger partial charge in [-0.3, -0.25) is 9.59 Å². The van der Waals surface area contributed by atoms with Gasteiger partial charge in [-0.1, -0.05) is 37.3 Å². The normalized spacial score (nSPS) is 11.7. The molecule has 0 aliphatic rings. The van der Waals surface area contributed by atoms with Crippen LogP contribution in [0, 0.1) is 0 Å². The molecule has 5 nitrogen and oxygen atoms in total. The second-order valence-corrected chi connectivity index (χ2v) is 5.06. The molecule has 0 bridgehead atoms. The van der Waals surface area contributed by atoms with E-state index < -0.39 is 11.8 Å². The third-order valence-electron chi connectivity index (χ3n) is 3.26. The molecule has 1 rings (SSSR count). The quantitative estimate of drug-likeness (QED) is 0.497. The lowest BCUT2D eigenvalue weighted by Gasteiger charge is -2.12. The zero-order valence-corrected chi connectivity index (χ0v) is 12.5. The molecule has 1 aromatic carbocycles. The molecule has 2 amide bonds. The molecule has 0 fully saturated rings. The predicted molar refractivity (Wildman–Crippen MR) is 81.8 cm³/mol. The number of aliphatic hydroxyl groups excluding tert-OH is 1. The summed E-state index contributed by atoms with van der Waals surface area (Å²) >= 11 is 0. The molecule has 116 valence electrons. The third-order valence-corrected chi connectivity index (χ3v) is 3.26. The summed E-state index contributed by atoms with van der Waals surface area (Å²) in [5, 5.41) is 13.8. The van der Waals surface area contributed by atoms with E-state index in [9.17, 15) is 9.59 Å². The van der Waals surface area contributed by atoms with E-state index in [1.807, 2.05) is 37.3 Å². The first kappa shape index (κ1) is 17.2. The Balaban J connectivity index is 2.22. The highest BCUT2D eigenvalue weighted by molar-refractivity contribution is 6.35. The van der Waals surface area contributed by atoms with Crippen LogP contribution < -0.4 is 10.6 Å². The van der Waals surface area contributed by atoms with E-state index in [1.54, 1.807) is 0 Å². The van der Waals surface area contributed by atoms with Crippen molar-refractivity contribution in [3.05, 3.63) is 35.9 Å². The van der Waals surface area contributed by atoms with Crippen LogP contribution in [-0.4, -0.2) is 36.6 Å². The smallest absolute Gasteiger partial charge is 0.309 e. The molecule has 0 heterocycles. The van der Waals surface area contributed by atoms with Crippen molar-refractivity contribution >= 4 is 11.8 Å². The van der Waals surface area contributed by atoms with E-state index in [0.29, 0.717) is 13.1 Å². The summed E-state index contributed by atoms with van der Waals surface area (Å²) in [6.07, 6.45) is 2.32. The van der Waals surface area contributed by atoms with Crippen LogP contribution in [-0.2, 0) is 9.59 Å². The molecule has 0 aliphatic heterocycles. The van der Waals surface area contributed by atoms with Crippen molar-refractivity contribution in [3.63, 3.8) is 0 Å². The van der Waals surface area contributed by atoms with E-state index in [0.717, 1.165) is 24.8 Å². The highest BCUT2D eigenvalue weighted by atomic mass is 16.3. The second-order valence-electron chi connectivity index (χ2n) is 5.06. The Bertz CT molecular complexity index is 434. The van der Waals surface area contributed by atoms with Crippen LogP contribution in [0.5, 0.6) is 0 Å². The fraction of sp³-hybridized carbons (Fsp3) is 0.500.